The van der Waals surface area contributed by atoms with Gasteiger partial charge in [-0.3, -0.25) is 10.1 Å². The third-order valence-corrected chi connectivity index (χ3v) is 3.53. The molecule has 0 radical (unpaired) electrons. The van der Waals surface area contributed by atoms with E-state index in [1.807, 2.05) is 30.3 Å². The summed E-state index contributed by atoms with van der Waals surface area (Å²) in [6, 6.07) is 13.7. The van der Waals surface area contributed by atoms with E-state index in [-0.39, 0.29) is 12.3 Å². The Morgan fingerprint density at radius 1 is 1.22 bits per heavy atom. The summed E-state index contributed by atoms with van der Waals surface area (Å²) in [7, 11) is 0. The molecule has 0 amide bonds. The van der Waals surface area contributed by atoms with Gasteiger partial charge < -0.3 is 9.72 Å². The predicted molar refractivity (Wildman–Crippen MR) is 86.3 cm³/mol. The van der Waals surface area contributed by atoms with Crippen molar-refractivity contribution >= 4 is 22.6 Å². The number of nitro groups is 1. The summed E-state index contributed by atoms with van der Waals surface area (Å²) in [6.07, 6.45) is 0. The van der Waals surface area contributed by atoms with Crippen LogP contribution >= 0.6 is 0 Å². The summed E-state index contributed by atoms with van der Waals surface area (Å²) >= 11 is 0. The smallest absolute Gasteiger partial charge is 0.355 e. The quantitative estimate of drug-likeness (QED) is 0.449. The van der Waals surface area contributed by atoms with Crippen LogP contribution in [0.1, 0.15) is 17.4 Å². The topological polar surface area (TPSA) is 85.2 Å². The van der Waals surface area contributed by atoms with Crippen molar-refractivity contribution in [2.24, 2.45) is 0 Å². The molecule has 0 atom stereocenters. The number of carbonyl (C=O) groups is 1. The molecule has 6 nitrogen and oxygen atoms in total. The highest BCUT2D eigenvalue weighted by molar-refractivity contribution is 6.08. The molecule has 3 rings (SSSR count). The molecule has 0 aliphatic heterocycles. The summed E-state index contributed by atoms with van der Waals surface area (Å²) in [4.78, 5) is 25.8. The molecule has 2 aromatic carbocycles. The molecule has 0 aliphatic rings. The van der Waals surface area contributed by atoms with Crippen molar-refractivity contribution in [3.8, 4) is 11.1 Å². The van der Waals surface area contributed by atoms with Gasteiger partial charge in [-0.25, -0.2) is 4.79 Å². The van der Waals surface area contributed by atoms with Crippen LogP contribution in [0.3, 0.4) is 0 Å². The van der Waals surface area contributed by atoms with Crippen LogP contribution in [0.4, 0.5) is 5.69 Å². The fraction of sp³-hybridized carbons (Fsp3) is 0.118. The number of hydrogen-bond donors (Lipinski definition) is 1. The largest absolute Gasteiger partial charge is 0.461 e. The minimum Gasteiger partial charge on any atom is -0.461 e. The number of H-pyrrole nitrogens is 1. The van der Waals surface area contributed by atoms with Crippen molar-refractivity contribution in [1.29, 1.82) is 0 Å². The third-order valence-electron chi connectivity index (χ3n) is 3.53. The standard InChI is InChI=1S/C17H14N2O4/c1-2-23-17(20)16-15(11-6-4-3-5-7-11)13-10-12(19(21)22)8-9-14(13)18-16/h3-10,18H,2H2,1H3. The number of nitrogens with one attached hydrogen (secondary N) is 1. The lowest BCUT2D eigenvalue weighted by atomic mass is 10.0. The summed E-state index contributed by atoms with van der Waals surface area (Å²) in [5, 5.41) is 11.7. The average molecular weight is 310 g/mol. The second-order valence-electron chi connectivity index (χ2n) is 4.95. The number of carbonyl (C=O) groups excluding carboxylic acids is 1. The summed E-state index contributed by atoms with van der Waals surface area (Å²) in [5.74, 6) is -0.481. The zero-order chi connectivity index (χ0) is 16.4. The molecule has 0 unspecified atom stereocenters. The normalized spacial score (nSPS) is 10.7. The van der Waals surface area contributed by atoms with Gasteiger partial charge in [0.25, 0.3) is 5.69 Å². The zero-order valence-electron chi connectivity index (χ0n) is 12.4. The van der Waals surface area contributed by atoms with Gasteiger partial charge in [-0.05, 0) is 18.6 Å². The Balaban J connectivity index is 2.30. The molecule has 0 fully saturated rings. The van der Waals surface area contributed by atoms with E-state index in [0.29, 0.717) is 22.2 Å². The molecule has 0 bridgehead atoms. The van der Waals surface area contributed by atoms with Crippen molar-refractivity contribution in [3.63, 3.8) is 0 Å². The Bertz CT molecular complexity index is 884. The first-order valence-electron chi connectivity index (χ1n) is 7.14. The van der Waals surface area contributed by atoms with Gasteiger partial charge in [0.1, 0.15) is 5.69 Å². The molecule has 0 saturated carbocycles. The maximum atomic E-state index is 12.2. The monoisotopic (exact) mass is 310 g/mol. The van der Waals surface area contributed by atoms with Crippen molar-refractivity contribution < 1.29 is 14.5 Å². The first kappa shape index (κ1) is 14.8. The molecule has 0 spiro atoms. The Morgan fingerprint density at radius 3 is 2.61 bits per heavy atom. The van der Waals surface area contributed by atoms with E-state index in [1.54, 1.807) is 13.0 Å². The van der Waals surface area contributed by atoms with Gasteiger partial charge in [-0.1, -0.05) is 30.3 Å². The van der Waals surface area contributed by atoms with Gasteiger partial charge in [0.05, 0.1) is 11.5 Å². The number of fused-ring (bicyclic) bond motifs is 1. The van der Waals surface area contributed by atoms with Gasteiger partial charge in [0.2, 0.25) is 0 Å². The molecule has 0 saturated heterocycles. The number of nitrogens with zero attached hydrogens (tertiary/aromatic N) is 1. The van der Waals surface area contributed by atoms with E-state index in [4.69, 9.17) is 4.74 Å². The highest BCUT2D eigenvalue weighted by Crippen LogP contribution is 2.34. The highest BCUT2D eigenvalue weighted by atomic mass is 16.6. The van der Waals surface area contributed by atoms with Gasteiger partial charge in [-0.2, -0.15) is 0 Å². The SMILES string of the molecule is CCOC(=O)c1[nH]c2ccc([N+](=O)[O-])cc2c1-c1ccccc1. The number of ether oxygens (including phenoxy) is 1. The molecule has 116 valence electrons. The Labute approximate surface area is 131 Å². The van der Waals surface area contributed by atoms with Crippen LogP contribution < -0.4 is 0 Å². The lowest BCUT2D eigenvalue weighted by molar-refractivity contribution is -0.384. The van der Waals surface area contributed by atoms with Crippen LogP contribution in [-0.2, 0) is 4.74 Å². The number of aromatic nitrogens is 1. The number of rotatable bonds is 4. The lowest BCUT2D eigenvalue weighted by Crippen LogP contribution is -2.06. The molecular formula is C17H14N2O4. The van der Waals surface area contributed by atoms with Crippen molar-refractivity contribution in [3.05, 3.63) is 64.3 Å². The fourth-order valence-corrected chi connectivity index (χ4v) is 2.55. The van der Waals surface area contributed by atoms with Gasteiger partial charge in [-0.15, -0.1) is 0 Å². The highest BCUT2D eigenvalue weighted by Gasteiger charge is 2.21. The zero-order valence-corrected chi connectivity index (χ0v) is 12.4. The third kappa shape index (κ3) is 2.66. The van der Waals surface area contributed by atoms with Gasteiger partial charge in [0, 0.05) is 28.6 Å². The molecule has 1 heterocycles. The summed E-state index contributed by atoms with van der Waals surface area (Å²) in [6.45, 7) is 1.98. The minimum absolute atomic E-state index is 0.0240. The van der Waals surface area contributed by atoms with Crippen LogP contribution in [0.2, 0.25) is 0 Å². The Kier molecular flexibility index (Phi) is 3.80. The second-order valence-corrected chi connectivity index (χ2v) is 4.95. The molecule has 6 heteroatoms. The maximum Gasteiger partial charge on any atom is 0.355 e. The average Bonchev–Trinajstić information content (AvgIpc) is 2.94. The molecule has 23 heavy (non-hydrogen) atoms. The number of benzene rings is 2. The molecule has 3 aromatic rings. The van der Waals surface area contributed by atoms with Crippen molar-refractivity contribution in [1.82, 2.24) is 4.98 Å². The molecular weight excluding hydrogens is 296 g/mol. The van der Waals surface area contributed by atoms with Crippen LogP contribution in [0.25, 0.3) is 22.0 Å². The van der Waals surface area contributed by atoms with Gasteiger partial charge >= 0.3 is 5.97 Å². The molecule has 1 aromatic heterocycles. The lowest BCUT2D eigenvalue weighted by Gasteiger charge is -2.04. The van der Waals surface area contributed by atoms with E-state index < -0.39 is 10.9 Å². The van der Waals surface area contributed by atoms with E-state index in [2.05, 4.69) is 4.98 Å². The van der Waals surface area contributed by atoms with E-state index in [0.717, 1.165) is 5.56 Å². The summed E-state index contributed by atoms with van der Waals surface area (Å²) in [5.41, 5.74) is 2.33. The number of non-ortho nitro benzene ring substituents is 1. The molecule has 0 aliphatic carbocycles. The fourth-order valence-electron chi connectivity index (χ4n) is 2.55. The van der Waals surface area contributed by atoms with Crippen molar-refractivity contribution in [2.45, 2.75) is 6.92 Å². The predicted octanol–water partition coefficient (Wildman–Crippen LogP) is 3.92. The van der Waals surface area contributed by atoms with E-state index >= 15 is 0 Å². The minimum atomic E-state index is -0.481. The van der Waals surface area contributed by atoms with Crippen LogP contribution in [0, 0.1) is 10.1 Å². The van der Waals surface area contributed by atoms with Crippen molar-refractivity contribution in [2.75, 3.05) is 6.61 Å². The number of nitro benzene ring substituents is 1. The summed E-state index contributed by atoms with van der Waals surface area (Å²) < 4.78 is 5.09. The Hall–Kier alpha value is -3.15. The van der Waals surface area contributed by atoms with Gasteiger partial charge in [0.15, 0.2) is 0 Å². The first-order valence-corrected chi connectivity index (χ1v) is 7.14. The number of esters is 1. The van der Waals surface area contributed by atoms with Crippen LogP contribution in [0.5, 0.6) is 0 Å². The number of aromatic amines is 1. The maximum absolute atomic E-state index is 12.2. The first-order chi connectivity index (χ1) is 11.1. The van der Waals surface area contributed by atoms with Crippen LogP contribution in [0.15, 0.2) is 48.5 Å². The molecule has 1 N–H and O–H groups in total. The van der Waals surface area contributed by atoms with E-state index in [9.17, 15) is 14.9 Å². The second kappa shape index (κ2) is 5.92. The van der Waals surface area contributed by atoms with Crippen LogP contribution in [-0.4, -0.2) is 22.5 Å². The number of hydrogen-bond acceptors (Lipinski definition) is 4. The Morgan fingerprint density at radius 2 is 1.96 bits per heavy atom. The van der Waals surface area contributed by atoms with E-state index in [1.165, 1.54) is 12.1 Å².